The summed E-state index contributed by atoms with van der Waals surface area (Å²) < 4.78 is 33.1. The lowest BCUT2D eigenvalue weighted by molar-refractivity contribution is -0.142. The van der Waals surface area contributed by atoms with E-state index < -0.39 is 22.0 Å². The Kier molecular flexibility index (Phi) is 6.81. The number of esters is 1. The van der Waals surface area contributed by atoms with E-state index >= 15 is 0 Å². The summed E-state index contributed by atoms with van der Waals surface area (Å²) in [6.07, 6.45) is 0.618. The normalized spacial score (nSPS) is 20.9. The average Bonchev–Trinajstić information content (AvgIpc) is 3.47. The Morgan fingerprint density at radius 1 is 1.28 bits per heavy atom. The molecule has 4 heterocycles. The predicted octanol–water partition coefficient (Wildman–Crippen LogP) is 2.39. The second-order valence-electron chi connectivity index (χ2n) is 9.04. The maximum absolute atomic E-state index is 13.5. The smallest absolute Gasteiger partial charge is 0.307 e. The Labute approximate surface area is 217 Å². The van der Waals surface area contributed by atoms with Crippen molar-refractivity contribution < 1.29 is 22.7 Å². The van der Waals surface area contributed by atoms with Gasteiger partial charge in [0.05, 0.1) is 25.3 Å². The Morgan fingerprint density at radius 3 is 2.86 bits per heavy atom. The highest BCUT2D eigenvalue weighted by Gasteiger charge is 2.39. The van der Waals surface area contributed by atoms with Crippen LogP contribution in [0.4, 0.5) is 0 Å². The second kappa shape index (κ2) is 9.75. The monoisotopic (exact) mass is 551 g/mol. The third-order valence-corrected chi connectivity index (χ3v) is 9.69. The van der Waals surface area contributed by atoms with Gasteiger partial charge in [-0.25, -0.2) is 13.4 Å². The Bertz CT molecular complexity index is 1440. The molecule has 0 aliphatic carbocycles. The van der Waals surface area contributed by atoms with Crippen molar-refractivity contribution in [2.24, 2.45) is 0 Å². The summed E-state index contributed by atoms with van der Waals surface area (Å²) >= 11 is 7.39. The van der Waals surface area contributed by atoms with Crippen LogP contribution in [0.1, 0.15) is 33.7 Å². The largest absolute Gasteiger partial charge is 0.469 e. The number of hydrogen-bond acceptors (Lipinski definition) is 8. The fraction of sp³-hybridized carbons (Fsp3) is 0.435. The van der Waals surface area contributed by atoms with Crippen LogP contribution in [-0.2, 0) is 32.5 Å². The molecule has 2 aliphatic rings. The van der Waals surface area contributed by atoms with Crippen molar-refractivity contribution in [1.82, 2.24) is 24.5 Å². The van der Waals surface area contributed by atoms with E-state index in [-0.39, 0.29) is 43.0 Å². The van der Waals surface area contributed by atoms with Crippen LogP contribution in [0.2, 0.25) is 5.02 Å². The van der Waals surface area contributed by atoms with Gasteiger partial charge in [-0.3, -0.25) is 9.59 Å². The van der Waals surface area contributed by atoms with Gasteiger partial charge in [0.25, 0.3) is 15.9 Å². The van der Waals surface area contributed by atoms with Gasteiger partial charge in [0.2, 0.25) is 0 Å². The molecular weight excluding hydrogens is 526 g/mol. The number of methoxy groups -OCH3 is 1. The van der Waals surface area contributed by atoms with E-state index in [4.69, 9.17) is 16.3 Å². The molecule has 2 N–H and O–H groups in total. The summed E-state index contributed by atoms with van der Waals surface area (Å²) in [5.41, 5.74) is 1.56. The first kappa shape index (κ1) is 25.2. The zero-order valence-corrected chi connectivity index (χ0v) is 22.2. The number of carbonyl (C=O) groups excluding carboxylic acids is 2. The lowest BCUT2D eigenvalue weighted by Gasteiger charge is -2.39. The summed E-state index contributed by atoms with van der Waals surface area (Å²) in [6, 6.07) is 6.22. The minimum atomic E-state index is -3.91. The number of carbonyl (C=O) groups is 2. The van der Waals surface area contributed by atoms with Crippen LogP contribution in [-0.4, -0.2) is 78.3 Å². The topological polar surface area (TPSA) is 125 Å². The molecule has 3 aromatic rings. The number of aromatic nitrogens is 2. The molecule has 192 valence electrons. The number of aromatic amines is 1. The maximum Gasteiger partial charge on any atom is 0.307 e. The number of hydrogen-bond donors (Lipinski definition) is 2. The highest BCUT2D eigenvalue weighted by Crippen LogP contribution is 2.29. The molecule has 0 radical (unpaired) electrons. The lowest BCUT2D eigenvalue weighted by Crippen LogP contribution is -2.57. The molecule has 36 heavy (non-hydrogen) atoms. The summed E-state index contributed by atoms with van der Waals surface area (Å²) in [4.78, 5) is 35.8. The number of nitrogens with zero attached hydrogens (tertiary/aromatic N) is 3. The molecule has 1 amide bonds. The van der Waals surface area contributed by atoms with Gasteiger partial charge < -0.3 is 19.9 Å². The number of ether oxygens (including phenoxy) is 1. The Balaban J connectivity index is 1.40. The van der Waals surface area contributed by atoms with Crippen LogP contribution in [0.5, 0.6) is 0 Å². The van der Waals surface area contributed by atoms with Crippen LogP contribution in [0.25, 0.3) is 10.9 Å². The highest BCUT2D eigenvalue weighted by molar-refractivity contribution is 7.89. The van der Waals surface area contributed by atoms with Gasteiger partial charge >= 0.3 is 5.97 Å². The molecule has 5 rings (SSSR count). The number of amides is 1. The molecule has 1 aromatic carbocycles. The van der Waals surface area contributed by atoms with Crippen LogP contribution in [0.3, 0.4) is 0 Å². The average molecular weight is 552 g/mol. The number of halogens is 1. The van der Waals surface area contributed by atoms with E-state index in [0.717, 1.165) is 17.0 Å². The van der Waals surface area contributed by atoms with E-state index in [1.165, 1.54) is 22.8 Å². The van der Waals surface area contributed by atoms with Crippen LogP contribution in [0, 0.1) is 0 Å². The van der Waals surface area contributed by atoms with Gasteiger partial charge in [-0.1, -0.05) is 11.6 Å². The molecule has 2 unspecified atom stereocenters. The Morgan fingerprint density at radius 2 is 2.08 bits per heavy atom. The van der Waals surface area contributed by atoms with Crippen LogP contribution in [0.15, 0.2) is 29.3 Å². The number of nitrogens with one attached hydrogen (secondary N) is 2. The van der Waals surface area contributed by atoms with Crippen molar-refractivity contribution in [2.75, 3.05) is 26.7 Å². The molecule has 2 atom stereocenters. The number of thiazole rings is 1. The summed E-state index contributed by atoms with van der Waals surface area (Å²) in [6.45, 7) is 2.91. The van der Waals surface area contributed by atoms with Gasteiger partial charge in [0.1, 0.15) is 5.03 Å². The first-order valence-corrected chi connectivity index (χ1v) is 14.2. The predicted molar refractivity (Wildman–Crippen MR) is 136 cm³/mol. The van der Waals surface area contributed by atoms with E-state index in [2.05, 4.69) is 22.2 Å². The summed E-state index contributed by atoms with van der Waals surface area (Å²) in [5.74, 6) is -0.818. The number of fused-ring (bicyclic) bond motifs is 2. The lowest BCUT2D eigenvalue weighted by atomic mass is 10.1. The maximum atomic E-state index is 13.5. The van der Waals surface area contributed by atoms with Crippen molar-refractivity contribution in [3.05, 3.63) is 44.9 Å². The second-order valence-corrected chi connectivity index (χ2v) is 12.5. The van der Waals surface area contributed by atoms with E-state index in [1.54, 1.807) is 29.2 Å². The summed E-state index contributed by atoms with van der Waals surface area (Å²) in [7, 11) is -2.64. The van der Waals surface area contributed by atoms with Gasteiger partial charge in [0.15, 0.2) is 5.01 Å². The first-order valence-electron chi connectivity index (χ1n) is 11.5. The van der Waals surface area contributed by atoms with Crippen molar-refractivity contribution in [2.45, 2.75) is 43.4 Å². The molecule has 2 aliphatic heterocycles. The molecule has 1 saturated heterocycles. The number of benzene rings is 1. The van der Waals surface area contributed by atoms with Gasteiger partial charge in [-0.2, -0.15) is 4.31 Å². The molecule has 0 bridgehead atoms. The first-order chi connectivity index (χ1) is 17.2. The highest BCUT2D eigenvalue weighted by atomic mass is 35.5. The molecular formula is C23H26ClN5O5S2. The van der Waals surface area contributed by atoms with Crippen LogP contribution >= 0.6 is 22.9 Å². The Hall–Kier alpha value is -2.51. The molecule has 13 heteroatoms. The SMILES string of the molecule is COC(=O)CC1CN(S(=O)(=O)c2cc3cc(Cl)ccc3[nH]2)CCN1C(=O)c1nc2c(s1)CNC(C)C2. The fourth-order valence-corrected chi connectivity index (χ4v) is 7.30. The number of piperazine rings is 1. The minimum Gasteiger partial charge on any atom is -0.469 e. The molecule has 2 aromatic heterocycles. The van der Waals surface area contributed by atoms with E-state index in [0.29, 0.717) is 27.5 Å². The van der Waals surface area contributed by atoms with Gasteiger partial charge in [-0.05, 0) is 31.2 Å². The van der Waals surface area contributed by atoms with Crippen molar-refractivity contribution in [3.63, 3.8) is 0 Å². The zero-order chi connectivity index (χ0) is 25.6. The standard InChI is InChI=1S/C23H26ClN5O5S2/c1-13-7-18-19(11-25-13)35-22(27-18)23(31)29-6-5-28(12-16(29)10-21(30)34-2)36(32,33)20-9-14-8-15(24)3-4-17(14)26-20/h3-4,8-9,13,16,25-26H,5-7,10-12H2,1-2H3. The number of H-pyrrole nitrogens is 1. The minimum absolute atomic E-state index is 0.0329. The summed E-state index contributed by atoms with van der Waals surface area (Å²) in [5, 5.41) is 4.94. The molecule has 0 spiro atoms. The third kappa shape index (κ3) is 4.75. The molecule has 1 fully saturated rings. The van der Waals surface area contributed by atoms with Crippen molar-refractivity contribution in [1.29, 1.82) is 0 Å². The molecule has 10 nitrogen and oxygen atoms in total. The third-order valence-electron chi connectivity index (χ3n) is 6.58. The van der Waals surface area contributed by atoms with E-state index in [9.17, 15) is 18.0 Å². The fourth-order valence-electron chi connectivity index (χ4n) is 4.64. The van der Waals surface area contributed by atoms with Crippen molar-refractivity contribution >= 4 is 55.7 Å². The van der Waals surface area contributed by atoms with Gasteiger partial charge in [0, 0.05) is 59.4 Å². The molecule has 0 saturated carbocycles. The van der Waals surface area contributed by atoms with Crippen LogP contribution < -0.4 is 5.32 Å². The number of sulfonamides is 1. The van der Waals surface area contributed by atoms with E-state index in [1.807, 2.05) is 0 Å². The zero-order valence-electron chi connectivity index (χ0n) is 19.8. The quantitative estimate of drug-likeness (QED) is 0.466. The van der Waals surface area contributed by atoms with Crippen molar-refractivity contribution in [3.8, 4) is 0 Å². The van der Waals surface area contributed by atoms with Gasteiger partial charge in [-0.15, -0.1) is 11.3 Å². The number of rotatable bonds is 5.